The summed E-state index contributed by atoms with van der Waals surface area (Å²) in [7, 11) is 0. The molecule has 25 heavy (non-hydrogen) atoms. The predicted molar refractivity (Wildman–Crippen MR) is 99.5 cm³/mol. The highest BCUT2D eigenvalue weighted by molar-refractivity contribution is 9.10. The Hall–Kier alpha value is -2.64. The fourth-order valence-electron chi connectivity index (χ4n) is 2.52. The van der Waals surface area contributed by atoms with Crippen molar-refractivity contribution >= 4 is 38.5 Å². The maximum atomic E-state index is 12.5. The molecule has 0 saturated carbocycles. The number of aromatic hydroxyl groups is 1. The Bertz CT molecular complexity index is 1030. The summed E-state index contributed by atoms with van der Waals surface area (Å²) in [5, 5.41) is 13.2. The third-order valence-electron chi connectivity index (χ3n) is 3.69. The van der Waals surface area contributed by atoms with Gasteiger partial charge in [0, 0.05) is 24.7 Å². The van der Waals surface area contributed by atoms with E-state index in [0.29, 0.717) is 21.3 Å². The molecular formula is C18H15BrN2O4. The van der Waals surface area contributed by atoms with Crippen LogP contribution in [0.15, 0.2) is 50.1 Å². The zero-order valence-corrected chi connectivity index (χ0v) is 14.9. The van der Waals surface area contributed by atoms with Crippen molar-refractivity contribution in [3.63, 3.8) is 0 Å². The minimum absolute atomic E-state index is 0.0630. The highest BCUT2D eigenvalue weighted by Crippen LogP contribution is 2.34. The molecule has 0 aliphatic carbocycles. The van der Waals surface area contributed by atoms with E-state index < -0.39 is 11.2 Å². The molecule has 6 nitrogen and oxygen atoms in total. The Morgan fingerprint density at radius 1 is 1.28 bits per heavy atom. The first kappa shape index (κ1) is 17.2. The summed E-state index contributed by atoms with van der Waals surface area (Å²) >= 11 is 3.38. The Morgan fingerprint density at radius 2 is 1.96 bits per heavy atom. The number of amides is 1. The summed E-state index contributed by atoms with van der Waals surface area (Å²) in [6, 6.07) is 10.00. The second-order valence-corrected chi connectivity index (χ2v) is 6.38. The minimum atomic E-state index is -0.529. The zero-order chi connectivity index (χ0) is 18.1. The smallest absolute Gasteiger partial charge is 0.235 e. The lowest BCUT2D eigenvalue weighted by Crippen LogP contribution is -2.06. The number of fused-ring (bicyclic) bond motifs is 1. The third-order valence-corrected chi connectivity index (χ3v) is 4.27. The number of carbonyl (C=O) groups excluding carboxylic acids is 1. The van der Waals surface area contributed by atoms with Crippen LogP contribution >= 0.6 is 15.9 Å². The van der Waals surface area contributed by atoms with Gasteiger partial charge in [0.25, 0.3) is 0 Å². The normalized spacial score (nSPS) is 10.8. The Kier molecular flexibility index (Phi) is 4.61. The summed E-state index contributed by atoms with van der Waals surface area (Å²) in [5.74, 6) is -0.596. The predicted octanol–water partition coefficient (Wildman–Crippen LogP) is 3.35. The first-order valence-electron chi connectivity index (χ1n) is 7.47. The van der Waals surface area contributed by atoms with Crippen LogP contribution in [0.4, 0.5) is 5.69 Å². The minimum Gasteiger partial charge on any atom is -0.502 e. The van der Waals surface area contributed by atoms with E-state index in [1.54, 1.807) is 36.4 Å². The van der Waals surface area contributed by atoms with Gasteiger partial charge in [-0.05, 0) is 57.9 Å². The average molecular weight is 403 g/mol. The number of hydrogen-bond donors (Lipinski definition) is 3. The summed E-state index contributed by atoms with van der Waals surface area (Å²) in [4.78, 5) is 23.6. The molecule has 0 unspecified atom stereocenters. The summed E-state index contributed by atoms with van der Waals surface area (Å²) < 4.78 is 6.37. The molecule has 0 atom stereocenters. The van der Waals surface area contributed by atoms with Gasteiger partial charge < -0.3 is 20.6 Å². The summed E-state index contributed by atoms with van der Waals surface area (Å²) in [6.45, 7) is 1.68. The van der Waals surface area contributed by atoms with Crippen molar-refractivity contribution in [2.24, 2.45) is 5.73 Å². The molecule has 2 aromatic carbocycles. The number of halogens is 1. The molecule has 1 amide bonds. The van der Waals surface area contributed by atoms with Crippen molar-refractivity contribution in [2.45, 2.75) is 13.5 Å². The monoisotopic (exact) mass is 402 g/mol. The Labute approximate surface area is 151 Å². The number of hydrogen-bond acceptors (Lipinski definition) is 5. The van der Waals surface area contributed by atoms with E-state index in [1.807, 2.05) is 0 Å². The van der Waals surface area contributed by atoms with Gasteiger partial charge in [-0.2, -0.15) is 0 Å². The number of nitrogens with one attached hydrogen (secondary N) is 1. The fraction of sp³-hybridized carbons (Fsp3) is 0.111. The van der Waals surface area contributed by atoms with Crippen LogP contribution in [0.3, 0.4) is 0 Å². The lowest BCUT2D eigenvalue weighted by molar-refractivity contribution is -0.114. The lowest BCUT2D eigenvalue weighted by Gasteiger charge is -2.09. The standard InChI is InChI=1S/C18H15BrN2O4/c1-9(22)21-12-4-2-11(3-5-12)17-16(24)15(23)13-6-10(8-20)7-14(19)18(13)25-17/h2-7,24H,8,20H2,1H3,(H,21,22). The lowest BCUT2D eigenvalue weighted by atomic mass is 10.1. The van der Waals surface area contributed by atoms with Crippen molar-refractivity contribution in [1.82, 2.24) is 0 Å². The van der Waals surface area contributed by atoms with E-state index in [1.165, 1.54) is 6.92 Å². The van der Waals surface area contributed by atoms with Crippen LogP contribution in [0.1, 0.15) is 12.5 Å². The first-order chi connectivity index (χ1) is 11.9. The number of nitrogens with two attached hydrogens (primary N) is 1. The maximum Gasteiger partial charge on any atom is 0.235 e. The van der Waals surface area contributed by atoms with Gasteiger partial charge in [0.15, 0.2) is 11.3 Å². The zero-order valence-electron chi connectivity index (χ0n) is 13.3. The molecule has 3 aromatic rings. The van der Waals surface area contributed by atoms with Crippen LogP contribution in [0, 0.1) is 0 Å². The van der Waals surface area contributed by atoms with Crippen LogP contribution in [-0.2, 0) is 11.3 Å². The van der Waals surface area contributed by atoms with Gasteiger partial charge in [-0.15, -0.1) is 0 Å². The van der Waals surface area contributed by atoms with Gasteiger partial charge >= 0.3 is 0 Å². The van der Waals surface area contributed by atoms with Gasteiger partial charge in [-0.1, -0.05) is 0 Å². The quantitative estimate of drug-likeness (QED) is 0.622. The molecule has 0 aliphatic rings. The van der Waals surface area contributed by atoms with Gasteiger partial charge in [-0.3, -0.25) is 9.59 Å². The van der Waals surface area contributed by atoms with Crippen molar-refractivity contribution in [2.75, 3.05) is 5.32 Å². The molecule has 7 heteroatoms. The van der Waals surface area contributed by atoms with E-state index >= 15 is 0 Å². The van der Waals surface area contributed by atoms with Gasteiger partial charge in [0.2, 0.25) is 17.1 Å². The fourth-order valence-corrected chi connectivity index (χ4v) is 3.11. The highest BCUT2D eigenvalue weighted by Gasteiger charge is 2.17. The van der Waals surface area contributed by atoms with Gasteiger partial charge in [0.1, 0.15) is 0 Å². The Balaban J connectivity index is 2.17. The van der Waals surface area contributed by atoms with E-state index in [9.17, 15) is 14.7 Å². The largest absolute Gasteiger partial charge is 0.502 e. The van der Waals surface area contributed by atoms with Crippen molar-refractivity contribution in [3.05, 3.63) is 56.7 Å². The maximum absolute atomic E-state index is 12.5. The van der Waals surface area contributed by atoms with Crippen molar-refractivity contribution in [3.8, 4) is 17.1 Å². The molecule has 0 spiro atoms. The third kappa shape index (κ3) is 3.29. The molecule has 1 aromatic heterocycles. The first-order valence-corrected chi connectivity index (χ1v) is 8.26. The SMILES string of the molecule is CC(=O)Nc1ccc(-c2oc3c(Br)cc(CN)cc3c(=O)c2O)cc1. The highest BCUT2D eigenvalue weighted by atomic mass is 79.9. The van der Waals surface area contributed by atoms with Gasteiger partial charge in [-0.25, -0.2) is 0 Å². The van der Waals surface area contributed by atoms with E-state index in [0.717, 1.165) is 5.56 Å². The average Bonchev–Trinajstić information content (AvgIpc) is 2.58. The number of carbonyl (C=O) groups is 1. The molecule has 0 bridgehead atoms. The van der Waals surface area contributed by atoms with E-state index in [4.69, 9.17) is 10.2 Å². The summed E-state index contributed by atoms with van der Waals surface area (Å²) in [5.41, 5.74) is 7.29. The van der Waals surface area contributed by atoms with Crippen molar-refractivity contribution < 1.29 is 14.3 Å². The molecule has 4 N–H and O–H groups in total. The molecule has 0 aliphatic heterocycles. The van der Waals surface area contributed by atoms with Crippen LogP contribution in [0.5, 0.6) is 5.75 Å². The molecule has 128 valence electrons. The molecule has 3 rings (SSSR count). The van der Waals surface area contributed by atoms with Crippen LogP contribution in [0.2, 0.25) is 0 Å². The van der Waals surface area contributed by atoms with Crippen molar-refractivity contribution in [1.29, 1.82) is 0 Å². The van der Waals surface area contributed by atoms with E-state index in [2.05, 4.69) is 21.2 Å². The van der Waals surface area contributed by atoms with Crippen LogP contribution < -0.4 is 16.5 Å². The number of anilines is 1. The topological polar surface area (TPSA) is 106 Å². The second-order valence-electron chi connectivity index (χ2n) is 5.53. The van der Waals surface area contributed by atoms with E-state index in [-0.39, 0.29) is 23.6 Å². The van der Waals surface area contributed by atoms with Crippen LogP contribution in [-0.4, -0.2) is 11.0 Å². The Morgan fingerprint density at radius 3 is 2.56 bits per heavy atom. The molecule has 0 fully saturated rings. The molecule has 0 radical (unpaired) electrons. The number of benzene rings is 2. The molecule has 0 saturated heterocycles. The van der Waals surface area contributed by atoms with Gasteiger partial charge in [0.05, 0.1) is 9.86 Å². The van der Waals surface area contributed by atoms with Crippen LogP contribution in [0.25, 0.3) is 22.3 Å². The second kappa shape index (κ2) is 6.70. The molecule has 1 heterocycles. The number of rotatable bonds is 3. The summed E-state index contributed by atoms with van der Waals surface area (Å²) in [6.07, 6.45) is 0. The molecular weight excluding hydrogens is 388 g/mol.